The summed E-state index contributed by atoms with van der Waals surface area (Å²) in [5.41, 5.74) is 4.83. The summed E-state index contributed by atoms with van der Waals surface area (Å²) >= 11 is 1.90. The molecule has 0 radical (unpaired) electrons. The molecule has 1 heterocycles. The number of nitrogens with zero attached hydrogens (tertiary/aromatic N) is 4. The number of rotatable bonds is 11. The summed E-state index contributed by atoms with van der Waals surface area (Å²) in [6.45, 7) is 5.25. The number of hydrogen-bond donors (Lipinski definition) is 2. The lowest BCUT2D eigenvalue weighted by Crippen LogP contribution is -2.37. The van der Waals surface area contributed by atoms with Crippen molar-refractivity contribution in [3.63, 3.8) is 0 Å². The molecule has 7 heteroatoms. The van der Waals surface area contributed by atoms with Gasteiger partial charge in [0.15, 0.2) is 5.96 Å². The SMILES string of the molecule is CCNC(=NCc1ccccc1-c1ccc(Cn2cncn2)cc1)NCCCCSC. The molecule has 0 saturated heterocycles. The van der Waals surface area contributed by atoms with Crippen LogP contribution in [0.5, 0.6) is 0 Å². The lowest BCUT2D eigenvalue weighted by molar-refractivity contribution is 0.685. The van der Waals surface area contributed by atoms with Gasteiger partial charge in [0, 0.05) is 13.1 Å². The molecule has 3 aromatic rings. The van der Waals surface area contributed by atoms with Crippen LogP contribution in [-0.4, -0.2) is 45.8 Å². The maximum absolute atomic E-state index is 4.83. The Kier molecular flexibility index (Phi) is 9.44. The van der Waals surface area contributed by atoms with E-state index in [4.69, 9.17) is 4.99 Å². The van der Waals surface area contributed by atoms with Gasteiger partial charge in [-0.2, -0.15) is 16.9 Å². The average Bonchev–Trinajstić information content (AvgIpc) is 3.31. The van der Waals surface area contributed by atoms with Gasteiger partial charge >= 0.3 is 0 Å². The molecule has 0 fully saturated rings. The van der Waals surface area contributed by atoms with Gasteiger partial charge < -0.3 is 10.6 Å². The Morgan fingerprint density at radius 2 is 1.90 bits per heavy atom. The zero-order valence-corrected chi connectivity index (χ0v) is 19.2. The van der Waals surface area contributed by atoms with Gasteiger partial charge in [0.05, 0.1) is 13.1 Å². The second-order valence-electron chi connectivity index (χ2n) is 7.27. The van der Waals surface area contributed by atoms with E-state index >= 15 is 0 Å². The van der Waals surface area contributed by atoms with Gasteiger partial charge in [-0.25, -0.2) is 14.7 Å². The summed E-state index contributed by atoms with van der Waals surface area (Å²) in [7, 11) is 0. The lowest BCUT2D eigenvalue weighted by atomic mass is 9.98. The van der Waals surface area contributed by atoms with E-state index in [2.05, 4.69) is 82.4 Å². The number of hydrogen-bond acceptors (Lipinski definition) is 4. The molecule has 2 aromatic carbocycles. The van der Waals surface area contributed by atoms with Crippen molar-refractivity contribution >= 4 is 17.7 Å². The van der Waals surface area contributed by atoms with Crippen molar-refractivity contribution in [2.45, 2.75) is 32.9 Å². The van der Waals surface area contributed by atoms with Crippen molar-refractivity contribution in [1.29, 1.82) is 0 Å². The van der Waals surface area contributed by atoms with Crippen molar-refractivity contribution in [2.75, 3.05) is 25.1 Å². The predicted molar refractivity (Wildman–Crippen MR) is 131 cm³/mol. The third-order valence-corrected chi connectivity index (χ3v) is 5.61. The van der Waals surface area contributed by atoms with E-state index in [0.29, 0.717) is 6.54 Å². The normalized spacial score (nSPS) is 11.5. The number of aromatic nitrogens is 3. The number of thioether (sulfide) groups is 1. The molecule has 1 aromatic heterocycles. The molecule has 0 spiro atoms. The van der Waals surface area contributed by atoms with Crippen molar-refractivity contribution in [2.24, 2.45) is 4.99 Å². The van der Waals surface area contributed by atoms with Crippen LogP contribution in [0.1, 0.15) is 30.9 Å². The highest BCUT2D eigenvalue weighted by molar-refractivity contribution is 7.98. The summed E-state index contributed by atoms with van der Waals surface area (Å²) < 4.78 is 1.83. The zero-order chi connectivity index (χ0) is 21.7. The Morgan fingerprint density at radius 1 is 1.06 bits per heavy atom. The number of aliphatic imine (C=N–C) groups is 1. The first-order valence-corrected chi connectivity index (χ1v) is 12.2. The first kappa shape index (κ1) is 22.9. The van der Waals surface area contributed by atoms with Gasteiger partial charge in [-0.15, -0.1) is 0 Å². The first-order chi connectivity index (χ1) is 15.3. The van der Waals surface area contributed by atoms with E-state index in [0.717, 1.165) is 32.0 Å². The van der Waals surface area contributed by atoms with E-state index in [-0.39, 0.29) is 0 Å². The Hall–Kier alpha value is -2.80. The predicted octanol–water partition coefficient (Wildman–Crippen LogP) is 4.19. The second kappa shape index (κ2) is 12.8. The van der Waals surface area contributed by atoms with Crippen molar-refractivity contribution in [1.82, 2.24) is 25.4 Å². The van der Waals surface area contributed by atoms with Crippen molar-refractivity contribution in [3.8, 4) is 11.1 Å². The fourth-order valence-corrected chi connectivity index (χ4v) is 3.81. The Balaban J connectivity index is 1.66. The van der Waals surface area contributed by atoms with Crippen LogP contribution in [0.4, 0.5) is 0 Å². The minimum absolute atomic E-state index is 0.636. The van der Waals surface area contributed by atoms with E-state index in [9.17, 15) is 0 Å². The average molecular weight is 437 g/mol. The maximum Gasteiger partial charge on any atom is 0.191 e. The molecule has 0 saturated carbocycles. The maximum atomic E-state index is 4.83. The molecule has 3 rings (SSSR count). The summed E-state index contributed by atoms with van der Waals surface area (Å²) in [5, 5.41) is 11.0. The summed E-state index contributed by atoms with van der Waals surface area (Å²) in [6.07, 6.45) is 7.83. The largest absolute Gasteiger partial charge is 0.357 e. The van der Waals surface area contributed by atoms with E-state index in [1.165, 1.54) is 34.4 Å². The van der Waals surface area contributed by atoms with E-state index < -0.39 is 0 Å². The van der Waals surface area contributed by atoms with E-state index in [1.54, 1.807) is 12.7 Å². The van der Waals surface area contributed by atoms with Crippen molar-refractivity contribution in [3.05, 3.63) is 72.3 Å². The topological polar surface area (TPSA) is 67.1 Å². The summed E-state index contributed by atoms with van der Waals surface area (Å²) in [6, 6.07) is 17.1. The van der Waals surface area contributed by atoms with Gasteiger partial charge in [0.25, 0.3) is 0 Å². The highest BCUT2D eigenvalue weighted by atomic mass is 32.2. The Bertz CT molecular complexity index is 922. The molecule has 0 bridgehead atoms. The van der Waals surface area contributed by atoms with Crippen LogP contribution in [0.25, 0.3) is 11.1 Å². The highest BCUT2D eigenvalue weighted by Gasteiger charge is 2.06. The Morgan fingerprint density at radius 3 is 2.65 bits per heavy atom. The second-order valence-corrected chi connectivity index (χ2v) is 8.25. The summed E-state index contributed by atoms with van der Waals surface area (Å²) in [4.78, 5) is 8.83. The minimum atomic E-state index is 0.636. The first-order valence-electron chi connectivity index (χ1n) is 10.8. The number of unbranched alkanes of at least 4 members (excludes halogenated alkanes) is 1. The lowest BCUT2D eigenvalue weighted by Gasteiger charge is -2.13. The molecular formula is C24H32N6S. The van der Waals surface area contributed by atoms with Gasteiger partial charge in [0.2, 0.25) is 0 Å². The molecule has 0 aliphatic carbocycles. The quantitative estimate of drug-likeness (QED) is 0.268. The highest BCUT2D eigenvalue weighted by Crippen LogP contribution is 2.25. The van der Waals surface area contributed by atoms with Crippen LogP contribution in [0.15, 0.2) is 66.2 Å². The zero-order valence-electron chi connectivity index (χ0n) is 18.4. The molecule has 0 unspecified atom stereocenters. The fourth-order valence-electron chi connectivity index (χ4n) is 3.32. The van der Waals surface area contributed by atoms with Crippen LogP contribution in [0, 0.1) is 0 Å². The third kappa shape index (κ3) is 7.43. The Labute approximate surface area is 189 Å². The molecule has 6 nitrogen and oxygen atoms in total. The monoisotopic (exact) mass is 436 g/mol. The van der Waals surface area contributed by atoms with Gasteiger partial charge in [0.1, 0.15) is 12.7 Å². The van der Waals surface area contributed by atoms with E-state index in [1.807, 2.05) is 16.4 Å². The summed E-state index contributed by atoms with van der Waals surface area (Å²) in [5.74, 6) is 2.09. The fraction of sp³-hybridized carbons (Fsp3) is 0.375. The number of nitrogens with one attached hydrogen (secondary N) is 2. The van der Waals surface area contributed by atoms with Crippen LogP contribution in [0.2, 0.25) is 0 Å². The van der Waals surface area contributed by atoms with Gasteiger partial charge in [-0.1, -0.05) is 48.5 Å². The smallest absolute Gasteiger partial charge is 0.191 e. The standard InChI is InChI=1S/C24H32N6S/c1-3-26-24(27-14-6-7-15-31-2)28-16-22-8-4-5-9-23(22)21-12-10-20(11-13-21)17-30-19-25-18-29-30/h4-5,8-13,18-19H,3,6-7,14-17H2,1-2H3,(H2,26,27,28). The van der Waals surface area contributed by atoms with Crippen LogP contribution in [0.3, 0.4) is 0 Å². The molecular weight excluding hydrogens is 404 g/mol. The number of guanidine groups is 1. The molecule has 0 aliphatic rings. The van der Waals surface area contributed by atoms with Gasteiger partial charge in [-0.05, 0) is 54.0 Å². The molecule has 0 aliphatic heterocycles. The molecule has 0 amide bonds. The molecule has 31 heavy (non-hydrogen) atoms. The van der Waals surface area contributed by atoms with Crippen molar-refractivity contribution < 1.29 is 0 Å². The molecule has 2 N–H and O–H groups in total. The van der Waals surface area contributed by atoms with Crippen LogP contribution in [-0.2, 0) is 13.1 Å². The van der Waals surface area contributed by atoms with Gasteiger partial charge in [-0.3, -0.25) is 0 Å². The van der Waals surface area contributed by atoms with Crippen LogP contribution < -0.4 is 10.6 Å². The van der Waals surface area contributed by atoms with Crippen LogP contribution >= 0.6 is 11.8 Å². The number of benzene rings is 2. The molecule has 164 valence electrons. The molecule has 0 atom stereocenters. The third-order valence-electron chi connectivity index (χ3n) is 4.91. The minimum Gasteiger partial charge on any atom is -0.357 e.